The minimum absolute atomic E-state index is 0.388. The van der Waals surface area contributed by atoms with E-state index >= 15 is 0 Å². The van der Waals surface area contributed by atoms with Crippen LogP contribution in [0.3, 0.4) is 0 Å². The van der Waals surface area contributed by atoms with E-state index in [-0.39, 0.29) is 0 Å². The molecular formula is C41H34N2Si. The van der Waals surface area contributed by atoms with E-state index in [1.165, 1.54) is 48.8 Å². The van der Waals surface area contributed by atoms with Crippen LogP contribution in [0.25, 0.3) is 11.1 Å². The molecule has 44 heavy (non-hydrogen) atoms. The highest BCUT2D eigenvalue weighted by Crippen LogP contribution is 2.41. The summed E-state index contributed by atoms with van der Waals surface area (Å²) < 4.78 is 0. The lowest BCUT2D eigenvalue weighted by Gasteiger charge is -2.46. The van der Waals surface area contributed by atoms with Gasteiger partial charge in [-0.15, -0.1) is 0 Å². The molecule has 2 bridgehead atoms. The van der Waals surface area contributed by atoms with Crippen LogP contribution < -0.4 is 25.8 Å². The van der Waals surface area contributed by atoms with Gasteiger partial charge in [0.15, 0.2) is 8.07 Å². The molecule has 6 aromatic rings. The fraction of sp³-hybridized carbons (Fsp3) is 0.0732. The normalized spacial score (nSPS) is 17.2. The molecule has 0 N–H and O–H groups in total. The SMILES string of the molecule is C1=CC2CN(C1)N(c1ccccc1)c1cc([Si](c3ccccc3)(c3ccccc3)c3cccc(-c4ccccc4)c3)ccc12. The van der Waals surface area contributed by atoms with Crippen molar-refractivity contribution in [3.8, 4) is 11.1 Å². The monoisotopic (exact) mass is 582 g/mol. The first-order valence-corrected chi connectivity index (χ1v) is 17.5. The zero-order valence-electron chi connectivity index (χ0n) is 24.6. The fourth-order valence-corrected chi connectivity index (χ4v) is 12.1. The van der Waals surface area contributed by atoms with E-state index in [4.69, 9.17) is 0 Å². The van der Waals surface area contributed by atoms with Gasteiger partial charge in [-0.25, -0.2) is 5.01 Å². The van der Waals surface area contributed by atoms with Gasteiger partial charge >= 0.3 is 0 Å². The molecule has 2 aliphatic heterocycles. The molecule has 2 unspecified atom stereocenters. The molecule has 2 heterocycles. The highest BCUT2D eigenvalue weighted by Gasteiger charge is 2.43. The van der Waals surface area contributed by atoms with Crippen LogP contribution in [0, 0.1) is 0 Å². The van der Waals surface area contributed by atoms with Crippen molar-refractivity contribution in [3.05, 3.63) is 182 Å². The Bertz CT molecular complexity index is 1880. The van der Waals surface area contributed by atoms with E-state index in [2.05, 4.69) is 186 Å². The minimum atomic E-state index is -2.75. The predicted octanol–water partition coefficient (Wildman–Crippen LogP) is 6.75. The lowest BCUT2D eigenvalue weighted by molar-refractivity contribution is 0.273. The number of anilines is 2. The first-order valence-electron chi connectivity index (χ1n) is 15.5. The minimum Gasteiger partial charge on any atom is -0.274 e. The molecule has 0 aliphatic carbocycles. The Morgan fingerprint density at radius 1 is 0.500 bits per heavy atom. The van der Waals surface area contributed by atoms with Crippen LogP contribution >= 0.6 is 0 Å². The molecule has 0 aromatic heterocycles. The summed E-state index contributed by atoms with van der Waals surface area (Å²) in [4.78, 5) is 0. The van der Waals surface area contributed by atoms with Gasteiger partial charge in [0.25, 0.3) is 0 Å². The molecule has 0 saturated carbocycles. The number of hydrazine groups is 1. The highest BCUT2D eigenvalue weighted by atomic mass is 28.3. The van der Waals surface area contributed by atoms with Crippen molar-refractivity contribution in [2.45, 2.75) is 5.92 Å². The third-order valence-electron chi connectivity index (χ3n) is 9.28. The van der Waals surface area contributed by atoms with Gasteiger partial charge in [-0.05, 0) is 55.6 Å². The van der Waals surface area contributed by atoms with Crippen molar-refractivity contribution in [1.82, 2.24) is 5.01 Å². The number of para-hydroxylation sites is 1. The zero-order valence-corrected chi connectivity index (χ0v) is 25.6. The molecule has 2 aliphatic rings. The smallest absolute Gasteiger partial charge is 0.179 e. The van der Waals surface area contributed by atoms with E-state index in [0.717, 1.165) is 13.1 Å². The van der Waals surface area contributed by atoms with Gasteiger partial charge in [-0.3, -0.25) is 5.01 Å². The topological polar surface area (TPSA) is 6.48 Å². The third kappa shape index (κ3) is 4.44. The summed E-state index contributed by atoms with van der Waals surface area (Å²) in [5.41, 5.74) is 6.38. The largest absolute Gasteiger partial charge is 0.274 e. The van der Waals surface area contributed by atoms with Gasteiger partial charge in [-0.2, -0.15) is 0 Å². The van der Waals surface area contributed by atoms with Gasteiger partial charge in [0.2, 0.25) is 0 Å². The Hall–Kier alpha value is -4.96. The molecular weight excluding hydrogens is 549 g/mol. The lowest BCUT2D eigenvalue weighted by Crippen LogP contribution is -2.74. The van der Waals surface area contributed by atoms with E-state index < -0.39 is 8.07 Å². The molecule has 6 aromatic carbocycles. The maximum Gasteiger partial charge on any atom is 0.179 e. The average molecular weight is 583 g/mol. The van der Waals surface area contributed by atoms with Gasteiger partial charge in [0, 0.05) is 19.0 Å². The van der Waals surface area contributed by atoms with Gasteiger partial charge in [0.05, 0.1) is 11.4 Å². The molecule has 2 atom stereocenters. The van der Waals surface area contributed by atoms with Crippen molar-refractivity contribution in [2.75, 3.05) is 18.1 Å². The van der Waals surface area contributed by atoms with Gasteiger partial charge in [0.1, 0.15) is 0 Å². The fourth-order valence-electron chi connectivity index (χ4n) is 7.31. The molecule has 8 rings (SSSR count). The van der Waals surface area contributed by atoms with Crippen LogP contribution in [0.4, 0.5) is 11.4 Å². The third-order valence-corrected chi connectivity index (χ3v) is 14.0. The van der Waals surface area contributed by atoms with Crippen molar-refractivity contribution in [2.24, 2.45) is 0 Å². The molecule has 0 radical (unpaired) electrons. The second-order valence-corrected chi connectivity index (χ2v) is 15.6. The van der Waals surface area contributed by atoms with Crippen LogP contribution in [-0.2, 0) is 0 Å². The summed E-state index contributed by atoms with van der Waals surface area (Å²) in [5.74, 6) is 0.388. The second kappa shape index (κ2) is 11.3. The summed E-state index contributed by atoms with van der Waals surface area (Å²) in [6.07, 6.45) is 4.72. The van der Waals surface area contributed by atoms with Crippen LogP contribution in [0.1, 0.15) is 11.5 Å². The Balaban J connectivity index is 1.43. The van der Waals surface area contributed by atoms with Crippen LogP contribution in [-0.4, -0.2) is 26.2 Å². The summed E-state index contributed by atoms with van der Waals surface area (Å²) in [7, 11) is -2.75. The lowest BCUT2D eigenvalue weighted by atomic mass is 9.92. The Morgan fingerprint density at radius 3 is 1.75 bits per heavy atom. The molecule has 0 amide bonds. The van der Waals surface area contributed by atoms with Crippen molar-refractivity contribution >= 4 is 40.2 Å². The Labute approximate surface area is 261 Å². The van der Waals surface area contributed by atoms with Gasteiger partial charge < -0.3 is 0 Å². The molecule has 0 fully saturated rings. The van der Waals surface area contributed by atoms with E-state index in [1.54, 1.807) is 0 Å². The van der Waals surface area contributed by atoms with Crippen molar-refractivity contribution in [3.63, 3.8) is 0 Å². The molecule has 212 valence electrons. The Morgan fingerprint density at radius 2 is 1.07 bits per heavy atom. The highest BCUT2D eigenvalue weighted by molar-refractivity contribution is 7.20. The quantitative estimate of drug-likeness (QED) is 0.122. The van der Waals surface area contributed by atoms with Crippen LogP contribution in [0.2, 0.25) is 0 Å². The molecule has 2 nitrogen and oxygen atoms in total. The molecule has 0 spiro atoms. The first-order chi connectivity index (χ1) is 21.8. The van der Waals surface area contributed by atoms with Crippen LogP contribution in [0.15, 0.2) is 176 Å². The zero-order chi connectivity index (χ0) is 29.3. The molecule has 3 heteroatoms. The predicted molar refractivity (Wildman–Crippen MR) is 188 cm³/mol. The standard InChI is InChI=1S/C41H34N2Si/c1-5-15-32(16-6-1)33-17-13-25-38(29-33)44(36-21-9-3-10-22-36,37-23-11-4-12-24-37)39-26-27-40-34-18-14-28-42(31-34)43(41(40)30-39)35-19-7-2-8-20-35/h1-27,29-30,34H,28,31H2. The van der Waals surface area contributed by atoms with Crippen molar-refractivity contribution < 1.29 is 0 Å². The number of hydrogen-bond donors (Lipinski definition) is 0. The van der Waals surface area contributed by atoms with E-state index in [0.29, 0.717) is 5.92 Å². The summed E-state index contributed by atoms with van der Waals surface area (Å²) in [6, 6.07) is 60.9. The average Bonchev–Trinajstić information content (AvgIpc) is 3.11. The second-order valence-electron chi connectivity index (χ2n) is 11.8. The first kappa shape index (κ1) is 26.6. The Kier molecular flexibility index (Phi) is 6.83. The number of hydrogen-bond acceptors (Lipinski definition) is 2. The van der Waals surface area contributed by atoms with E-state index in [1.807, 2.05) is 0 Å². The number of rotatable bonds is 6. The maximum absolute atomic E-state index is 2.75. The maximum atomic E-state index is 2.53. The number of fused-ring (bicyclic) bond motifs is 4. The summed E-state index contributed by atoms with van der Waals surface area (Å²) in [6.45, 7) is 1.91. The van der Waals surface area contributed by atoms with E-state index in [9.17, 15) is 0 Å². The van der Waals surface area contributed by atoms with Crippen LogP contribution in [0.5, 0.6) is 0 Å². The summed E-state index contributed by atoms with van der Waals surface area (Å²) in [5, 5.41) is 10.5. The number of benzene rings is 6. The van der Waals surface area contributed by atoms with Crippen molar-refractivity contribution in [1.29, 1.82) is 0 Å². The summed E-state index contributed by atoms with van der Waals surface area (Å²) >= 11 is 0. The van der Waals surface area contributed by atoms with Gasteiger partial charge in [-0.1, -0.05) is 158 Å². The number of nitrogens with zero attached hydrogens (tertiary/aromatic N) is 2. The molecule has 0 saturated heterocycles.